The Morgan fingerprint density at radius 1 is 1.08 bits per heavy atom. The highest BCUT2D eigenvalue weighted by Crippen LogP contribution is 2.57. The molecule has 206 valence electrons. The molecule has 0 saturated heterocycles. The van der Waals surface area contributed by atoms with Crippen molar-refractivity contribution in [3.05, 3.63) is 52.6 Å². The molecule has 0 radical (unpaired) electrons. The Balaban J connectivity index is 2.96. The molecule has 1 rings (SSSR count). The second kappa shape index (κ2) is 13.7. The van der Waals surface area contributed by atoms with Gasteiger partial charge in [0.15, 0.2) is 0 Å². The van der Waals surface area contributed by atoms with Crippen molar-refractivity contribution in [2.45, 2.75) is 72.8 Å². The third kappa shape index (κ3) is 11.5. The molecule has 3 atom stereocenters. The molecule has 11 heteroatoms. The molecule has 0 aliphatic heterocycles. The van der Waals surface area contributed by atoms with Crippen LogP contribution in [0.15, 0.2) is 41.5 Å². The number of ether oxygens (including phenoxy) is 1. The average molecular weight is 557 g/mol. The zero-order valence-corrected chi connectivity index (χ0v) is 24.1. The summed E-state index contributed by atoms with van der Waals surface area (Å²) < 4.78 is 37.1. The molecular formula is C26H38O9P2. The number of phosphoric ester groups is 1. The lowest BCUT2D eigenvalue weighted by atomic mass is 9.77. The minimum atomic E-state index is -5.16. The fourth-order valence-corrected chi connectivity index (χ4v) is 5.18. The molecule has 0 fully saturated rings. The molecule has 0 aliphatic rings. The first-order valence-electron chi connectivity index (χ1n) is 11.8. The highest BCUT2D eigenvalue weighted by atomic mass is 31.3. The van der Waals surface area contributed by atoms with Crippen LogP contribution in [0, 0.1) is 17.8 Å². The molecule has 3 N–H and O–H groups in total. The van der Waals surface area contributed by atoms with Gasteiger partial charge in [0, 0.05) is 11.1 Å². The fourth-order valence-electron chi connectivity index (χ4n) is 3.66. The maximum absolute atomic E-state index is 11.6. The van der Waals surface area contributed by atoms with Crippen molar-refractivity contribution in [2.24, 2.45) is 5.41 Å². The number of rotatable bonds is 15. The first-order valence-corrected chi connectivity index (χ1v) is 14.9. The van der Waals surface area contributed by atoms with Gasteiger partial charge in [0.1, 0.15) is 17.6 Å². The third-order valence-electron chi connectivity index (χ3n) is 6.42. The molecule has 37 heavy (non-hydrogen) atoms. The molecule has 9 nitrogen and oxygen atoms in total. The van der Waals surface area contributed by atoms with Crippen LogP contribution in [0.25, 0.3) is 0 Å². The number of hydrogen-bond acceptors (Lipinski definition) is 6. The lowest BCUT2D eigenvalue weighted by molar-refractivity contribution is 0.111. The van der Waals surface area contributed by atoms with Crippen LogP contribution in [-0.4, -0.2) is 33.2 Å². The van der Waals surface area contributed by atoms with E-state index in [0.717, 1.165) is 30.3 Å². The summed E-state index contributed by atoms with van der Waals surface area (Å²) in [5.41, 5.74) is 2.15. The minimum Gasteiger partial charge on any atom is -0.483 e. The fraction of sp³-hybridized carbons (Fsp3) is 0.500. The van der Waals surface area contributed by atoms with Crippen molar-refractivity contribution in [1.29, 1.82) is 0 Å². The van der Waals surface area contributed by atoms with E-state index in [2.05, 4.69) is 34.7 Å². The summed E-state index contributed by atoms with van der Waals surface area (Å²) in [5, 5.41) is 0. The first kappa shape index (κ1) is 33.0. The average Bonchev–Trinajstić information content (AvgIpc) is 2.80. The SMILES string of the molecule is C#Cc1cc(C=O)cc(OC(C)(CC)C(C)=CCC(C)(CC)CC(C)=CCOP(=O)(O)OP(=O)(O)O)c1. The number of benzene rings is 1. The van der Waals surface area contributed by atoms with E-state index in [4.69, 9.17) is 20.9 Å². The Morgan fingerprint density at radius 2 is 1.73 bits per heavy atom. The maximum atomic E-state index is 11.6. The number of terminal acetylenes is 1. The van der Waals surface area contributed by atoms with E-state index < -0.39 is 21.2 Å². The van der Waals surface area contributed by atoms with Gasteiger partial charge in [0.2, 0.25) is 0 Å². The molecule has 0 amide bonds. The van der Waals surface area contributed by atoms with Gasteiger partial charge in [-0.3, -0.25) is 9.32 Å². The van der Waals surface area contributed by atoms with Crippen LogP contribution in [0.3, 0.4) is 0 Å². The number of carbonyl (C=O) groups excluding carboxylic acids is 1. The molecule has 1 aromatic carbocycles. The molecular weight excluding hydrogens is 518 g/mol. The maximum Gasteiger partial charge on any atom is 0.481 e. The van der Waals surface area contributed by atoms with Crippen LogP contribution < -0.4 is 4.74 Å². The molecule has 0 spiro atoms. The Hall–Kier alpha value is -2.01. The number of hydrogen-bond donors (Lipinski definition) is 3. The van der Waals surface area contributed by atoms with Crippen molar-refractivity contribution < 1.29 is 42.2 Å². The first-order chi connectivity index (χ1) is 17.0. The number of phosphoric acid groups is 2. The lowest BCUT2D eigenvalue weighted by Gasteiger charge is -2.33. The standard InChI is InChI=1S/C26H38O9P2/c1-8-22-15-23(19-27)17-24(16-22)34-26(7,10-3)21(5)11-13-25(6,9-2)18-20(4)12-14-33-37(31,32)35-36(28,29)30/h1,11-12,15-17,19H,9-10,13-14,18H2,2-7H3,(H,31,32)(H2,28,29,30). The quantitative estimate of drug-likeness (QED) is 0.0976. The van der Waals surface area contributed by atoms with Crippen LogP contribution >= 0.6 is 15.6 Å². The third-order valence-corrected chi connectivity index (χ3v) is 8.57. The topological polar surface area (TPSA) is 140 Å². The largest absolute Gasteiger partial charge is 0.483 e. The number of aldehydes is 1. The van der Waals surface area contributed by atoms with Crippen LogP contribution in [0.1, 0.15) is 83.1 Å². The molecule has 0 bridgehead atoms. The van der Waals surface area contributed by atoms with E-state index in [1.165, 1.54) is 0 Å². The molecule has 3 unspecified atom stereocenters. The zero-order chi connectivity index (χ0) is 28.5. The summed E-state index contributed by atoms with van der Waals surface area (Å²) in [6, 6.07) is 5.03. The van der Waals surface area contributed by atoms with Crippen molar-refractivity contribution in [3.63, 3.8) is 0 Å². The zero-order valence-electron chi connectivity index (χ0n) is 22.3. The predicted molar refractivity (Wildman–Crippen MR) is 143 cm³/mol. The van der Waals surface area contributed by atoms with Crippen molar-refractivity contribution in [3.8, 4) is 18.1 Å². The van der Waals surface area contributed by atoms with Gasteiger partial charge in [-0.25, -0.2) is 9.13 Å². The van der Waals surface area contributed by atoms with Gasteiger partial charge in [-0.05, 0) is 69.2 Å². The van der Waals surface area contributed by atoms with Crippen molar-refractivity contribution >= 4 is 21.9 Å². The van der Waals surface area contributed by atoms with Gasteiger partial charge in [0.25, 0.3) is 0 Å². The second-order valence-corrected chi connectivity index (χ2v) is 12.4. The summed E-state index contributed by atoms with van der Waals surface area (Å²) in [6.07, 6.45) is 12.9. The smallest absolute Gasteiger partial charge is 0.481 e. The number of carbonyl (C=O) groups is 1. The summed E-state index contributed by atoms with van der Waals surface area (Å²) in [4.78, 5) is 38.0. The molecule has 0 saturated carbocycles. The summed E-state index contributed by atoms with van der Waals surface area (Å²) in [5.74, 6) is 3.06. The van der Waals surface area contributed by atoms with Crippen molar-refractivity contribution in [2.75, 3.05) is 6.61 Å². The molecule has 0 heterocycles. The van der Waals surface area contributed by atoms with E-state index in [9.17, 15) is 18.8 Å². The second-order valence-electron chi connectivity index (χ2n) is 9.56. The van der Waals surface area contributed by atoms with Gasteiger partial charge < -0.3 is 19.4 Å². The van der Waals surface area contributed by atoms with E-state index in [1.807, 2.05) is 27.7 Å². The Morgan fingerprint density at radius 3 is 2.24 bits per heavy atom. The molecule has 0 aliphatic carbocycles. The Bertz CT molecular complexity index is 1150. The highest BCUT2D eigenvalue weighted by molar-refractivity contribution is 7.60. The molecule has 0 aromatic heterocycles. The van der Waals surface area contributed by atoms with Crippen LogP contribution in [0.2, 0.25) is 0 Å². The summed E-state index contributed by atoms with van der Waals surface area (Å²) in [7, 11) is -10.0. The van der Waals surface area contributed by atoms with E-state index in [1.54, 1.807) is 24.3 Å². The lowest BCUT2D eigenvalue weighted by Crippen LogP contribution is -2.33. The predicted octanol–water partition coefficient (Wildman–Crippen LogP) is 6.34. The number of allylic oxidation sites excluding steroid dienone is 2. The van der Waals surface area contributed by atoms with Gasteiger partial charge in [0.05, 0.1) is 6.61 Å². The van der Waals surface area contributed by atoms with Gasteiger partial charge in [-0.1, -0.05) is 50.8 Å². The molecule has 1 aromatic rings. The van der Waals surface area contributed by atoms with Gasteiger partial charge >= 0.3 is 15.6 Å². The van der Waals surface area contributed by atoms with Crippen LogP contribution in [0.4, 0.5) is 0 Å². The monoisotopic (exact) mass is 556 g/mol. The van der Waals surface area contributed by atoms with Crippen molar-refractivity contribution in [1.82, 2.24) is 0 Å². The van der Waals surface area contributed by atoms with E-state index in [0.29, 0.717) is 29.7 Å². The van der Waals surface area contributed by atoms with E-state index in [-0.39, 0.29) is 12.0 Å². The highest BCUT2D eigenvalue weighted by Gasteiger charge is 2.32. The van der Waals surface area contributed by atoms with Gasteiger partial charge in [-0.15, -0.1) is 6.42 Å². The normalized spacial score (nSPS) is 17.7. The Labute approximate surface area is 219 Å². The van der Waals surface area contributed by atoms with Gasteiger partial charge in [-0.2, -0.15) is 4.31 Å². The summed E-state index contributed by atoms with van der Waals surface area (Å²) in [6.45, 7) is 11.7. The summed E-state index contributed by atoms with van der Waals surface area (Å²) >= 11 is 0. The van der Waals surface area contributed by atoms with E-state index >= 15 is 0 Å². The van der Waals surface area contributed by atoms with Crippen LogP contribution in [-0.2, 0) is 18.0 Å². The Kier molecular flexibility index (Phi) is 12.2. The minimum absolute atomic E-state index is 0.143. The van der Waals surface area contributed by atoms with Crippen LogP contribution in [0.5, 0.6) is 5.75 Å².